The number of nitrogens with two attached hydrogens (primary N) is 1. The predicted molar refractivity (Wildman–Crippen MR) is 65.6 cm³/mol. The summed E-state index contributed by atoms with van der Waals surface area (Å²) in [6.07, 6.45) is 0.849. The van der Waals surface area contributed by atoms with E-state index in [0.717, 1.165) is 11.4 Å². The van der Waals surface area contributed by atoms with Crippen molar-refractivity contribution in [3.8, 4) is 0 Å². The lowest BCUT2D eigenvalue weighted by molar-refractivity contribution is 0.543. The van der Waals surface area contributed by atoms with Gasteiger partial charge < -0.3 is 5.73 Å². The van der Waals surface area contributed by atoms with Crippen molar-refractivity contribution in [2.24, 2.45) is 5.73 Å². The van der Waals surface area contributed by atoms with Crippen molar-refractivity contribution in [2.75, 3.05) is 0 Å². The molecule has 1 aromatic heterocycles. The van der Waals surface area contributed by atoms with Crippen LogP contribution in [0.15, 0.2) is 24.3 Å². The minimum absolute atomic E-state index is 0.157. The van der Waals surface area contributed by atoms with Crippen molar-refractivity contribution in [3.05, 3.63) is 40.7 Å². The Morgan fingerprint density at radius 1 is 1.35 bits per heavy atom. The van der Waals surface area contributed by atoms with Crippen LogP contribution in [0, 0.1) is 0 Å². The first kappa shape index (κ1) is 12.0. The van der Waals surface area contributed by atoms with Crippen LogP contribution in [-0.2, 0) is 13.0 Å². The fraction of sp³-hybridized carbons (Fsp3) is 0.364. The second kappa shape index (κ2) is 5.25. The molecule has 6 heteroatoms. The molecule has 1 heterocycles. The topological polar surface area (TPSA) is 69.6 Å². The van der Waals surface area contributed by atoms with Crippen molar-refractivity contribution in [1.82, 2.24) is 20.2 Å². The number of tetrazole rings is 1. The van der Waals surface area contributed by atoms with Crippen molar-refractivity contribution >= 4 is 11.6 Å². The summed E-state index contributed by atoms with van der Waals surface area (Å²) in [4.78, 5) is 0. The van der Waals surface area contributed by atoms with E-state index in [1.54, 1.807) is 4.68 Å². The molecule has 0 fully saturated rings. The van der Waals surface area contributed by atoms with Crippen LogP contribution in [0.1, 0.15) is 24.4 Å². The molecule has 2 aromatic rings. The summed E-state index contributed by atoms with van der Waals surface area (Å²) in [5.41, 5.74) is 6.96. The van der Waals surface area contributed by atoms with Gasteiger partial charge in [-0.3, -0.25) is 0 Å². The van der Waals surface area contributed by atoms with Crippen LogP contribution >= 0.6 is 11.6 Å². The zero-order valence-electron chi connectivity index (χ0n) is 9.55. The molecular weight excluding hydrogens is 238 g/mol. The van der Waals surface area contributed by atoms with Crippen LogP contribution in [0.4, 0.5) is 0 Å². The molecule has 0 radical (unpaired) electrons. The Hall–Kier alpha value is -1.46. The van der Waals surface area contributed by atoms with Crippen LogP contribution in [-0.4, -0.2) is 20.2 Å². The van der Waals surface area contributed by atoms with Crippen molar-refractivity contribution in [3.63, 3.8) is 0 Å². The van der Waals surface area contributed by atoms with Gasteiger partial charge in [0.1, 0.15) is 0 Å². The SMILES string of the molecule is CC(N)c1nnnn1CCc1ccc(Cl)cc1. The van der Waals surface area contributed by atoms with E-state index in [0.29, 0.717) is 12.4 Å². The number of hydrogen-bond acceptors (Lipinski definition) is 4. The average Bonchev–Trinajstić information content (AvgIpc) is 2.76. The zero-order valence-corrected chi connectivity index (χ0v) is 10.3. The van der Waals surface area contributed by atoms with E-state index in [-0.39, 0.29) is 6.04 Å². The van der Waals surface area contributed by atoms with E-state index in [1.165, 1.54) is 5.56 Å². The molecule has 17 heavy (non-hydrogen) atoms. The average molecular weight is 252 g/mol. The summed E-state index contributed by atoms with van der Waals surface area (Å²) < 4.78 is 1.74. The summed E-state index contributed by atoms with van der Waals surface area (Å²) in [5.74, 6) is 0.707. The van der Waals surface area contributed by atoms with Gasteiger partial charge in [0.15, 0.2) is 5.82 Å². The van der Waals surface area contributed by atoms with E-state index in [1.807, 2.05) is 31.2 Å². The van der Waals surface area contributed by atoms with Gasteiger partial charge in [-0.25, -0.2) is 4.68 Å². The van der Waals surface area contributed by atoms with Crippen LogP contribution < -0.4 is 5.73 Å². The standard InChI is InChI=1S/C11H14ClN5/c1-8(13)11-14-15-16-17(11)7-6-9-2-4-10(12)5-3-9/h2-5,8H,6-7,13H2,1H3. The number of rotatable bonds is 4. The molecule has 5 nitrogen and oxygen atoms in total. The number of benzene rings is 1. The first-order valence-corrected chi connectivity index (χ1v) is 5.80. The molecule has 2 rings (SSSR count). The maximum atomic E-state index is 5.82. The highest BCUT2D eigenvalue weighted by Gasteiger charge is 2.09. The van der Waals surface area contributed by atoms with Crippen LogP contribution in [0.25, 0.3) is 0 Å². The zero-order chi connectivity index (χ0) is 12.3. The lowest BCUT2D eigenvalue weighted by Crippen LogP contribution is -2.15. The highest BCUT2D eigenvalue weighted by Crippen LogP contribution is 2.11. The Morgan fingerprint density at radius 2 is 2.06 bits per heavy atom. The quantitative estimate of drug-likeness (QED) is 0.896. The third-order valence-corrected chi connectivity index (χ3v) is 2.74. The summed E-state index contributed by atoms with van der Waals surface area (Å²) in [7, 11) is 0. The highest BCUT2D eigenvalue weighted by molar-refractivity contribution is 6.30. The molecular formula is C11H14ClN5. The molecule has 0 aliphatic rings. The van der Waals surface area contributed by atoms with Crippen molar-refractivity contribution in [2.45, 2.75) is 25.9 Å². The van der Waals surface area contributed by atoms with E-state index < -0.39 is 0 Å². The maximum Gasteiger partial charge on any atom is 0.167 e. The van der Waals surface area contributed by atoms with Crippen molar-refractivity contribution in [1.29, 1.82) is 0 Å². The van der Waals surface area contributed by atoms with Gasteiger partial charge in [-0.2, -0.15) is 0 Å². The lowest BCUT2D eigenvalue weighted by atomic mass is 10.1. The Morgan fingerprint density at radius 3 is 2.71 bits per heavy atom. The van der Waals surface area contributed by atoms with Crippen LogP contribution in [0.2, 0.25) is 5.02 Å². The summed E-state index contributed by atoms with van der Waals surface area (Å²) in [6, 6.07) is 7.60. The summed E-state index contributed by atoms with van der Waals surface area (Å²) in [6.45, 7) is 2.58. The highest BCUT2D eigenvalue weighted by atomic mass is 35.5. The van der Waals surface area contributed by atoms with Gasteiger partial charge >= 0.3 is 0 Å². The smallest absolute Gasteiger partial charge is 0.167 e. The van der Waals surface area contributed by atoms with Crippen LogP contribution in [0.5, 0.6) is 0 Å². The van der Waals surface area contributed by atoms with Gasteiger partial charge in [0.2, 0.25) is 0 Å². The molecule has 1 aromatic carbocycles. The molecule has 0 saturated carbocycles. The third-order valence-electron chi connectivity index (χ3n) is 2.49. The van der Waals surface area contributed by atoms with E-state index >= 15 is 0 Å². The predicted octanol–water partition coefficient (Wildman–Crippen LogP) is 1.59. The Bertz CT molecular complexity index is 477. The molecule has 90 valence electrons. The molecule has 2 N–H and O–H groups in total. The van der Waals surface area contributed by atoms with Gasteiger partial charge in [-0.15, -0.1) is 5.10 Å². The summed E-state index contributed by atoms with van der Waals surface area (Å²) in [5, 5.41) is 12.2. The Labute approximate surface area is 105 Å². The molecule has 1 unspecified atom stereocenters. The minimum Gasteiger partial charge on any atom is -0.322 e. The molecule has 0 spiro atoms. The van der Waals surface area contributed by atoms with E-state index in [4.69, 9.17) is 17.3 Å². The first-order chi connectivity index (χ1) is 8.16. The molecule has 0 amide bonds. The van der Waals surface area contributed by atoms with E-state index in [9.17, 15) is 0 Å². The normalized spacial score (nSPS) is 12.6. The van der Waals surface area contributed by atoms with Gasteiger partial charge in [0.05, 0.1) is 6.04 Å². The van der Waals surface area contributed by atoms with Crippen LogP contribution in [0.3, 0.4) is 0 Å². The molecule has 0 bridgehead atoms. The molecule has 0 aliphatic heterocycles. The number of hydrogen-bond donors (Lipinski definition) is 1. The minimum atomic E-state index is -0.157. The number of aryl methyl sites for hydroxylation is 2. The first-order valence-electron chi connectivity index (χ1n) is 5.43. The number of aromatic nitrogens is 4. The fourth-order valence-electron chi connectivity index (χ4n) is 1.58. The molecule has 1 atom stereocenters. The van der Waals surface area contributed by atoms with Gasteiger partial charge in [0.25, 0.3) is 0 Å². The summed E-state index contributed by atoms with van der Waals surface area (Å²) >= 11 is 5.82. The third kappa shape index (κ3) is 3.01. The molecule has 0 saturated heterocycles. The fourth-order valence-corrected chi connectivity index (χ4v) is 1.71. The van der Waals surface area contributed by atoms with Gasteiger partial charge in [-0.1, -0.05) is 23.7 Å². The van der Waals surface area contributed by atoms with Gasteiger partial charge in [0, 0.05) is 11.6 Å². The maximum absolute atomic E-state index is 5.82. The van der Waals surface area contributed by atoms with Crippen molar-refractivity contribution < 1.29 is 0 Å². The second-order valence-corrected chi connectivity index (χ2v) is 4.36. The number of nitrogens with zero attached hydrogens (tertiary/aromatic N) is 4. The Kier molecular flexibility index (Phi) is 3.71. The van der Waals surface area contributed by atoms with E-state index in [2.05, 4.69) is 15.5 Å². The monoisotopic (exact) mass is 251 g/mol. The lowest BCUT2D eigenvalue weighted by Gasteiger charge is -2.06. The van der Waals surface area contributed by atoms with Gasteiger partial charge in [-0.05, 0) is 41.5 Å². The second-order valence-electron chi connectivity index (χ2n) is 3.93. The molecule has 0 aliphatic carbocycles. The largest absolute Gasteiger partial charge is 0.322 e. The Balaban J connectivity index is 2.02. The number of halogens is 1.